The van der Waals surface area contributed by atoms with E-state index in [0.29, 0.717) is 13.1 Å². The predicted molar refractivity (Wildman–Crippen MR) is 102 cm³/mol. The quantitative estimate of drug-likeness (QED) is 0.425. The van der Waals surface area contributed by atoms with Crippen LogP contribution in [0.2, 0.25) is 0 Å². The van der Waals surface area contributed by atoms with Crippen molar-refractivity contribution in [1.29, 1.82) is 0 Å². The van der Waals surface area contributed by atoms with Gasteiger partial charge >= 0.3 is 5.97 Å². The zero-order valence-corrected chi connectivity index (χ0v) is 15.4. The second-order valence-electron chi connectivity index (χ2n) is 6.82. The fraction of sp³-hybridized carbons (Fsp3) is 0.381. The van der Waals surface area contributed by atoms with E-state index in [9.17, 15) is 14.9 Å². The molecule has 1 saturated heterocycles. The van der Waals surface area contributed by atoms with Crippen LogP contribution in [0, 0.1) is 16.0 Å². The van der Waals surface area contributed by atoms with E-state index in [2.05, 4.69) is 4.90 Å². The molecule has 3 atom stereocenters. The van der Waals surface area contributed by atoms with Crippen molar-refractivity contribution in [3.8, 4) is 0 Å². The number of carbonyl (C=O) groups excluding carboxylic acids is 1. The summed E-state index contributed by atoms with van der Waals surface area (Å²) in [6.45, 7) is 3.11. The van der Waals surface area contributed by atoms with E-state index in [0.717, 1.165) is 11.1 Å². The number of nitro groups is 1. The first-order chi connectivity index (χ1) is 13.1. The van der Waals surface area contributed by atoms with Crippen molar-refractivity contribution in [2.75, 3.05) is 13.2 Å². The first kappa shape index (κ1) is 19.0. The summed E-state index contributed by atoms with van der Waals surface area (Å²) in [7, 11) is 0. The smallest absolute Gasteiger partial charge is 0.306 e. The highest BCUT2D eigenvalue weighted by atomic mass is 16.6. The van der Waals surface area contributed by atoms with Crippen LogP contribution in [0.3, 0.4) is 0 Å². The Bertz CT molecular complexity index is 766. The number of hydrogen-bond acceptors (Lipinski definition) is 5. The Morgan fingerprint density at radius 1 is 1.15 bits per heavy atom. The lowest BCUT2D eigenvalue weighted by Gasteiger charge is -2.25. The molecular formula is C21H24N2O4. The number of carbonyl (C=O) groups is 1. The molecule has 2 aromatic carbocycles. The lowest BCUT2D eigenvalue weighted by Crippen LogP contribution is -2.33. The Morgan fingerprint density at radius 3 is 2.37 bits per heavy atom. The van der Waals surface area contributed by atoms with E-state index >= 15 is 0 Å². The molecule has 0 bridgehead atoms. The molecule has 2 aromatic rings. The van der Waals surface area contributed by atoms with Crippen LogP contribution in [0.1, 0.15) is 30.5 Å². The molecule has 0 saturated carbocycles. The van der Waals surface area contributed by atoms with E-state index in [4.69, 9.17) is 4.74 Å². The van der Waals surface area contributed by atoms with Gasteiger partial charge in [-0.25, -0.2) is 0 Å². The summed E-state index contributed by atoms with van der Waals surface area (Å²) >= 11 is 0. The number of ether oxygens (including phenoxy) is 1. The summed E-state index contributed by atoms with van der Waals surface area (Å²) in [5, 5.41) is 12.0. The van der Waals surface area contributed by atoms with Gasteiger partial charge in [0.05, 0.1) is 18.9 Å². The molecule has 0 aromatic heterocycles. The molecule has 3 rings (SSSR count). The van der Waals surface area contributed by atoms with Crippen LogP contribution < -0.4 is 0 Å². The van der Waals surface area contributed by atoms with Gasteiger partial charge in [0.25, 0.3) is 0 Å². The third kappa shape index (κ3) is 4.52. The van der Waals surface area contributed by atoms with Crippen LogP contribution in [0.25, 0.3) is 0 Å². The first-order valence-corrected chi connectivity index (χ1v) is 9.22. The SMILES string of the molecule is CCOC(=O)C[C@H]1CN(Cc2ccccc2)[C@H](c2ccccc2)[C@H]1[N+](=O)[O-]. The third-order valence-electron chi connectivity index (χ3n) is 5.02. The van der Waals surface area contributed by atoms with Gasteiger partial charge in [-0.2, -0.15) is 0 Å². The van der Waals surface area contributed by atoms with Crippen LogP contribution in [0.5, 0.6) is 0 Å². The molecule has 1 aliphatic rings. The van der Waals surface area contributed by atoms with Crippen molar-refractivity contribution in [2.45, 2.75) is 32.0 Å². The van der Waals surface area contributed by atoms with E-state index in [1.807, 2.05) is 60.7 Å². The van der Waals surface area contributed by atoms with Gasteiger partial charge in [-0.1, -0.05) is 60.7 Å². The second-order valence-corrected chi connectivity index (χ2v) is 6.82. The molecular weight excluding hydrogens is 344 g/mol. The molecule has 6 heteroatoms. The highest BCUT2D eigenvalue weighted by Gasteiger charge is 2.50. The number of hydrogen-bond donors (Lipinski definition) is 0. The van der Waals surface area contributed by atoms with Gasteiger partial charge in [-0.15, -0.1) is 0 Å². The van der Waals surface area contributed by atoms with Gasteiger partial charge in [0.1, 0.15) is 6.04 Å². The molecule has 27 heavy (non-hydrogen) atoms. The number of likely N-dealkylation sites (tertiary alicyclic amines) is 1. The monoisotopic (exact) mass is 368 g/mol. The average molecular weight is 368 g/mol. The van der Waals surface area contributed by atoms with Crippen molar-refractivity contribution in [1.82, 2.24) is 4.90 Å². The fourth-order valence-corrected chi connectivity index (χ4v) is 3.94. The number of esters is 1. The van der Waals surface area contributed by atoms with E-state index in [1.165, 1.54) is 0 Å². The Balaban J connectivity index is 1.91. The molecule has 0 aliphatic carbocycles. The van der Waals surface area contributed by atoms with Crippen LogP contribution >= 0.6 is 0 Å². The summed E-state index contributed by atoms with van der Waals surface area (Å²) in [5.74, 6) is -0.754. The van der Waals surface area contributed by atoms with Gasteiger partial charge in [0.15, 0.2) is 0 Å². The Hall–Kier alpha value is -2.73. The summed E-state index contributed by atoms with van der Waals surface area (Å²) in [6.07, 6.45) is 0.0636. The highest BCUT2D eigenvalue weighted by Crippen LogP contribution is 2.40. The van der Waals surface area contributed by atoms with Crippen LogP contribution in [0.4, 0.5) is 0 Å². The van der Waals surface area contributed by atoms with E-state index < -0.39 is 6.04 Å². The maximum Gasteiger partial charge on any atom is 0.306 e. The van der Waals surface area contributed by atoms with Crippen molar-refractivity contribution in [2.24, 2.45) is 5.92 Å². The molecule has 1 aliphatic heterocycles. The zero-order valence-electron chi connectivity index (χ0n) is 15.4. The standard InChI is InChI=1S/C21H24N2O4/c1-2-27-19(24)13-18-15-22(14-16-9-5-3-6-10-16)20(21(18)23(25)26)17-11-7-4-8-12-17/h3-12,18,20-21H,2,13-15H2,1H3/t18-,20+,21-/m0/s1. The molecule has 0 N–H and O–H groups in total. The van der Waals surface area contributed by atoms with Crippen LogP contribution in [0.15, 0.2) is 60.7 Å². The van der Waals surface area contributed by atoms with Crippen LogP contribution in [-0.4, -0.2) is 35.0 Å². The fourth-order valence-electron chi connectivity index (χ4n) is 3.94. The molecule has 142 valence electrons. The Kier molecular flexibility index (Phi) is 6.19. The molecule has 1 heterocycles. The highest BCUT2D eigenvalue weighted by molar-refractivity contribution is 5.69. The maximum atomic E-state index is 12.0. The topological polar surface area (TPSA) is 72.7 Å². The molecule has 0 unspecified atom stereocenters. The van der Waals surface area contributed by atoms with E-state index in [1.54, 1.807) is 6.92 Å². The van der Waals surface area contributed by atoms with Crippen LogP contribution in [-0.2, 0) is 16.1 Å². The van der Waals surface area contributed by atoms with Gasteiger partial charge in [-0.3, -0.25) is 19.8 Å². The van der Waals surface area contributed by atoms with Gasteiger partial charge < -0.3 is 4.74 Å². The molecule has 0 spiro atoms. The maximum absolute atomic E-state index is 12.0. The number of rotatable bonds is 7. The third-order valence-corrected chi connectivity index (χ3v) is 5.02. The average Bonchev–Trinajstić information content (AvgIpc) is 3.01. The minimum Gasteiger partial charge on any atom is -0.466 e. The van der Waals surface area contributed by atoms with Gasteiger partial charge in [0, 0.05) is 18.0 Å². The number of nitrogens with zero attached hydrogens (tertiary/aromatic N) is 2. The van der Waals surface area contributed by atoms with E-state index in [-0.39, 0.29) is 35.9 Å². The molecule has 0 radical (unpaired) electrons. The summed E-state index contributed by atoms with van der Waals surface area (Å²) in [6, 6.07) is 18.2. The van der Waals surface area contributed by atoms with Crippen molar-refractivity contribution >= 4 is 5.97 Å². The summed E-state index contributed by atoms with van der Waals surface area (Å²) < 4.78 is 5.05. The zero-order chi connectivity index (χ0) is 19.2. The molecule has 6 nitrogen and oxygen atoms in total. The molecule has 1 fully saturated rings. The first-order valence-electron chi connectivity index (χ1n) is 9.22. The molecule has 0 amide bonds. The van der Waals surface area contributed by atoms with Crippen molar-refractivity contribution < 1.29 is 14.5 Å². The summed E-state index contributed by atoms with van der Waals surface area (Å²) in [5.41, 5.74) is 2.00. The van der Waals surface area contributed by atoms with Crippen molar-refractivity contribution in [3.63, 3.8) is 0 Å². The van der Waals surface area contributed by atoms with Gasteiger partial charge in [-0.05, 0) is 18.1 Å². The minimum atomic E-state index is -0.847. The van der Waals surface area contributed by atoms with Crippen molar-refractivity contribution in [3.05, 3.63) is 81.9 Å². The second kappa shape index (κ2) is 8.77. The lowest BCUT2D eigenvalue weighted by molar-refractivity contribution is -0.533. The number of benzene rings is 2. The van der Waals surface area contributed by atoms with Gasteiger partial charge in [0.2, 0.25) is 6.04 Å². The predicted octanol–water partition coefficient (Wildman–Crippen LogP) is 3.46. The summed E-state index contributed by atoms with van der Waals surface area (Å²) in [4.78, 5) is 25.9. The minimum absolute atomic E-state index is 0.0636. The lowest BCUT2D eigenvalue weighted by atomic mass is 9.92. The normalized spacial score (nSPS) is 22.5. The largest absolute Gasteiger partial charge is 0.466 e. The Morgan fingerprint density at radius 2 is 1.78 bits per heavy atom. The Labute approximate surface area is 158 Å².